The van der Waals surface area contributed by atoms with Crippen molar-refractivity contribution in [3.63, 3.8) is 0 Å². The Hall–Kier alpha value is -3.77. The van der Waals surface area contributed by atoms with Crippen molar-refractivity contribution in [2.45, 2.75) is 31.1 Å². The van der Waals surface area contributed by atoms with Gasteiger partial charge in [-0.15, -0.1) is 32.9 Å². The zero-order chi connectivity index (χ0) is 29.1. The minimum Gasteiger partial charge on any atom is -0.344 e. The Morgan fingerprint density at radius 2 is 1.83 bits per heavy atom. The van der Waals surface area contributed by atoms with Crippen molar-refractivity contribution in [3.05, 3.63) is 115 Å². The molecule has 0 fully saturated rings. The Labute approximate surface area is 260 Å². The molecule has 0 spiro atoms. The molecule has 2 aromatic carbocycles. The quantitative estimate of drug-likeness (QED) is 0.181. The molecule has 42 heavy (non-hydrogen) atoms. The zero-order valence-electron chi connectivity index (χ0n) is 22.4. The molecule has 5 aromatic rings. The summed E-state index contributed by atoms with van der Waals surface area (Å²) in [5.74, 6) is 0.300. The molecule has 0 bridgehead atoms. The molecular weight excluding hydrogens is 608 g/mol. The van der Waals surface area contributed by atoms with Crippen LogP contribution in [-0.2, 0) is 11.3 Å². The summed E-state index contributed by atoms with van der Waals surface area (Å²) in [4.78, 5) is 28.0. The van der Waals surface area contributed by atoms with Crippen LogP contribution in [0.4, 0.5) is 0 Å². The molecule has 212 valence electrons. The van der Waals surface area contributed by atoms with Crippen LogP contribution in [0.1, 0.15) is 44.0 Å². The molecular formula is C30H25ClN6O2S3. The second-order valence-corrected chi connectivity index (χ2v) is 12.8. The molecule has 1 aliphatic rings. The van der Waals surface area contributed by atoms with Crippen LogP contribution >= 0.6 is 46.0 Å². The van der Waals surface area contributed by atoms with Crippen molar-refractivity contribution >= 4 is 63.6 Å². The lowest BCUT2D eigenvalue weighted by Gasteiger charge is -2.22. The molecule has 0 aliphatic carbocycles. The maximum atomic E-state index is 13.7. The summed E-state index contributed by atoms with van der Waals surface area (Å²) < 4.78 is 1.82. The lowest BCUT2D eigenvalue weighted by atomic mass is 10.00. The zero-order valence-corrected chi connectivity index (χ0v) is 25.6. The van der Waals surface area contributed by atoms with Gasteiger partial charge in [0.1, 0.15) is 0 Å². The van der Waals surface area contributed by atoms with Gasteiger partial charge in [-0.25, -0.2) is 5.01 Å². The number of rotatable bonds is 9. The van der Waals surface area contributed by atoms with Crippen LogP contribution in [0.5, 0.6) is 0 Å². The summed E-state index contributed by atoms with van der Waals surface area (Å²) in [6.07, 6.45) is 0.646. The molecule has 4 heterocycles. The normalized spacial score (nSPS) is 14.7. The number of carbonyl (C=O) groups excluding carboxylic acids is 2. The number of benzene rings is 2. The first-order valence-corrected chi connectivity index (χ1v) is 16.2. The number of hydrogen-bond acceptors (Lipinski definition) is 8. The third kappa shape index (κ3) is 6.19. The third-order valence-electron chi connectivity index (χ3n) is 6.68. The number of hydrazone groups is 1. The van der Waals surface area contributed by atoms with Gasteiger partial charge in [0.25, 0.3) is 11.8 Å². The van der Waals surface area contributed by atoms with Crippen LogP contribution in [-0.4, -0.2) is 43.1 Å². The van der Waals surface area contributed by atoms with E-state index in [2.05, 4.69) is 39.8 Å². The number of aromatic nitrogens is 3. The van der Waals surface area contributed by atoms with E-state index in [0.29, 0.717) is 27.3 Å². The van der Waals surface area contributed by atoms with E-state index in [1.54, 1.807) is 34.5 Å². The van der Waals surface area contributed by atoms with Gasteiger partial charge in [-0.2, -0.15) is 5.10 Å². The summed E-state index contributed by atoms with van der Waals surface area (Å²) in [5.41, 5.74) is 3.84. The maximum Gasteiger partial charge on any atom is 0.261 e. The summed E-state index contributed by atoms with van der Waals surface area (Å²) in [6, 6.07) is 23.0. The average molecular weight is 633 g/mol. The highest BCUT2D eigenvalue weighted by Crippen LogP contribution is 2.35. The Morgan fingerprint density at radius 1 is 1.02 bits per heavy atom. The number of thiophene rings is 2. The lowest BCUT2D eigenvalue weighted by Crippen LogP contribution is -2.28. The van der Waals surface area contributed by atoms with Gasteiger partial charge in [0.05, 0.1) is 39.5 Å². The molecule has 6 rings (SSSR count). The number of aryl methyl sites for hydroxylation is 1. The van der Waals surface area contributed by atoms with Crippen molar-refractivity contribution in [1.82, 2.24) is 25.1 Å². The van der Waals surface area contributed by atoms with E-state index in [9.17, 15) is 9.59 Å². The number of nitrogens with zero attached hydrogens (tertiary/aromatic N) is 5. The second kappa shape index (κ2) is 12.6. The van der Waals surface area contributed by atoms with Crippen LogP contribution in [0.15, 0.2) is 93.8 Å². The van der Waals surface area contributed by atoms with Gasteiger partial charge >= 0.3 is 0 Å². The predicted octanol–water partition coefficient (Wildman–Crippen LogP) is 6.75. The number of amides is 2. The van der Waals surface area contributed by atoms with Crippen LogP contribution < -0.4 is 5.32 Å². The highest BCUT2D eigenvalue weighted by atomic mass is 35.5. The lowest BCUT2D eigenvalue weighted by molar-refractivity contribution is -0.130. The van der Waals surface area contributed by atoms with Gasteiger partial charge in [-0.1, -0.05) is 71.4 Å². The van der Waals surface area contributed by atoms with E-state index in [0.717, 1.165) is 27.4 Å². The summed E-state index contributed by atoms with van der Waals surface area (Å²) in [5, 5.41) is 23.0. The average Bonchev–Trinajstić information content (AvgIpc) is 3.81. The number of carbonyl (C=O) groups is 2. The molecule has 2 amide bonds. The van der Waals surface area contributed by atoms with E-state index in [4.69, 9.17) is 16.7 Å². The monoisotopic (exact) mass is 632 g/mol. The number of halogens is 1. The fourth-order valence-electron chi connectivity index (χ4n) is 4.61. The molecule has 0 saturated heterocycles. The topological polar surface area (TPSA) is 92.5 Å². The number of nitrogens with one attached hydrogen (secondary N) is 1. The molecule has 1 N–H and O–H groups in total. The van der Waals surface area contributed by atoms with E-state index in [1.165, 1.54) is 23.1 Å². The van der Waals surface area contributed by atoms with Gasteiger partial charge in [0.15, 0.2) is 11.0 Å². The fraction of sp³-hybridized carbons (Fsp3) is 0.167. The van der Waals surface area contributed by atoms with Crippen LogP contribution in [0.25, 0.3) is 5.69 Å². The Kier molecular flexibility index (Phi) is 8.52. The van der Waals surface area contributed by atoms with E-state index >= 15 is 0 Å². The summed E-state index contributed by atoms with van der Waals surface area (Å²) in [6.45, 7) is 2.20. The van der Waals surface area contributed by atoms with Gasteiger partial charge < -0.3 is 5.32 Å². The molecule has 1 aliphatic heterocycles. The largest absolute Gasteiger partial charge is 0.344 e. The van der Waals surface area contributed by atoms with Gasteiger partial charge in [-0.3, -0.25) is 14.2 Å². The Bertz CT molecular complexity index is 1730. The summed E-state index contributed by atoms with van der Waals surface area (Å²) in [7, 11) is 0. The second-order valence-electron chi connectivity index (χ2n) is 9.56. The Morgan fingerprint density at radius 3 is 2.57 bits per heavy atom. The predicted molar refractivity (Wildman–Crippen MR) is 169 cm³/mol. The van der Waals surface area contributed by atoms with Crippen molar-refractivity contribution in [3.8, 4) is 5.69 Å². The standard InChI is InChI=1S/C30H25ClN6O2S3/c1-19-9-11-20(12-10-19)24-16-23(25-7-3-13-40-25)35-37(24)28(38)18-42-30-34-33-27(17-32-29(39)26-8-4-14-41-26)36(30)22-6-2-5-21(31)15-22/h2-15,24H,16-18H2,1H3,(H,32,39)/t24-/m0/s1. The third-order valence-corrected chi connectivity index (χ3v) is 9.61. The van der Waals surface area contributed by atoms with Gasteiger partial charge in [-0.05, 0) is 53.6 Å². The fourth-order valence-corrected chi connectivity index (χ4v) is 6.98. The molecule has 0 radical (unpaired) electrons. The summed E-state index contributed by atoms with van der Waals surface area (Å²) >= 11 is 10.6. The van der Waals surface area contributed by atoms with Gasteiger partial charge in [0, 0.05) is 11.4 Å². The van der Waals surface area contributed by atoms with E-state index < -0.39 is 0 Å². The van der Waals surface area contributed by atoms with E-state index in [1.807, 2.05) is 52.6 Å². The maximum absolute atomic E-state index is 13.7. The van der Waals surface area contributed by atoms with Crippen LogP contribution in [0, 0.1) is 6.92 Å². The molecule has 12 heteroatoms. The minimum absolute atomic E-state index is 0.101. The highest BCUT2D eigenvalue weighted by Gasteiger charge is 2.33. The molecule has 8 nitrogen and oxygen atoms in total. The molecule has 3 aromatic heterocycles. The SMILES string of the molecule is Cc1ccc([C@@H]2CC(c3cccs3)=NN2C(=O)CSc2nnc(CNC(=O)c3cccs3)n2-c2cccc(Cl)c2)cc1. The minimum atomic E-state index is -0.190. The molecule has 0 unspecified atom stereocenters. The van der Waals surface area contributed by atoms with Crippen molar-refractivity contribution < 1.29 is 9.59 Å². The van der Waals surface area contributed by atoms with Crippen molar-refractivity contribution in [1.29, 1.82) is 0 Å². The Balaban J connectivity index is 1.24. The first-order valence-electron chi connectivity index (χ1n) is 13.1. The van der Waals surface area contributed by atoms with Crippen LogP contribution in [0.2, 0.25) is 5.02 Å². The molecule has 1 atom stereocenters. The van der Waals surface area contributed by atoms with Gasteiger partial charge in [0.2, 0.25) is 0 Å². The highest BCUT2D eigenvalue weighted by molar-refractivity contribution is 7.99. The molecule has 0 saturated carbocycles. The number of hydrogen-bond donors (Lipinski definition) is 1. The van der Waals surface area contributed by atoms with Crippen molar-refractivity contribution in [2.24, 2.45) is 5.10 Å². The van der Waals surface area contributed by atoms with Crippen LogP contribution in [0.3, 0.4) is 0 Å². The first-order chi connectivity index (χ1) is 20.5. The first kappa shape index (κ1) is 28.4. The smallest absolute Gasteiger partial charge is 0.261 e. The number of thioether (sulfide) groups is 1. The van der Waals surface area contributed by atoms with E-state index in [-0.39, 0.29) is 30.2 Å². The van der Waals surface area contributed by atoms with Crippen molar-refractivity contribution in [2.75, 3.05) is 5.75 Å².